The molecule has 1 aromatic carbocycles. The zero-order chi connectivity index (χ0) is 13.1. The minimum atomic E-state index is -0.165. The number of nitrogens with zero attached hydrogens (tertiary/aromatic N) is 1. The Morgan fingerprint density at radius 1 is 1.33 bits per heavy atom. The molecular weight excluding hydrogens is 227 g/mol. The highest BCUT2D eigenvalue weighted by Gasteiger charge is 2.26. The molecule has 3 heteroatoms. The van der Waals surface area contributed by atoms with Crippen LogP contribution >= 0.6 is 0 Å². The zero-order valence-corrected chi connectivity index (χ0v) is 11.5. The van der Waals surface area contributed by atoms with E-state index in [2.05, 4.69) is 31.0 Å². The lowest BCUT2D eigenvalue weighted by molar-refractivity contribution is 0.126. The van der Waals surface area contributed by atoms with Crippen LogP contribution in [-0.4, -0.2) is 30.6 Å². The van der Waals surface area contributed by atoms with Gasteiger partial charge in [-0.05, 0) is 30.5 Å². The van der Waals surface area contributed by atoms with Gasteiger partial charge in [-0.25, -0.2) is 4.39 Å². The van der Waals surface area contributed by atoms with E-state index in [9.17, 15) is 4.39 Å². The van der Waals surface area contributed by atoms with Crippen LogP contribution in [-0.2, 0) is 0 Å². The van der Waals surface area contributed by atoms with Gasteiger partial charge >= 0.3 is 0 Å². The van der Waals surface area contributed by atoms with Crippen LogP contribution in [0.4, 0.5) is 4.39 Å². The van der Waals surface area contributed by atoms with Crippen molar-refractivity contribution in [2.24, 2.45) is 5.92 Å². The van der Waals surface area contributed by atoms with E-state index < -0.39 is 0 Å². The molecule has 1 saturated heterocycles. The number of rotatable bonds is 3. The summed E-state index contributed by atoms with van der Waals surface area (Å²) in [7, 11) is 0. The molecular formula is C15H23FN2. The van der Waals surface area contributed by atoms with Crippen LogP contribution in [0.15, 0.2) is 24.3 Å². The monoisotopic (exact) mass is 250 g/mol. The van der Waals surface area contributed by atoms with Gasteiger partial charge in [0.2, 0.25) is 0 Å². The third-order valence-electron chi connectivity index (χ3n) is 3.57. The molecule has 2 rings (SSSR count). The van der Waals surface area contributed by atoms with E-state index >= 15 is 0 Å². The van der Waals surface area contributed by atoms with Crippen LogP contribution in [0.25, 0.3) is 0 Å². The molecule has 0 spiro atoms. The molecule has 0 amide bonds. The molecule has 2 atom stereocenters. The Hall–Kier alpha value is -0.930. The molecule has 1 aromatic rings. The third-order valence-corrected chi connectivity index (χ3v) is 3.57. The summed E-state index contributed by atoms with van der Waals surface area (Å²) >= 11 is 0. The van der Waals surface area contributed by atoms with Gasteiger partial charge in [0.25, 0.3) is 0 Å². The van der Waals surface area contributed by atoms with Crippen molar-refractivity contribution in [1.29, 1.82) is 0 Å². The summed E-state index contributed by atoms with van der Waals surface area (Å²) in [6, 6.07) is 7.75. The first kappa shape index (κ1) is 13.5. The average Bonchev–Trinajstić information content (AvgIpc) is 2.32. The molecule has 2 unspecified atom stereocenters. The Bertz CT molecular complexity index is 375. The van der Waals surface area contributed by atoms with Gasteiger partial charge in [-0.1, -0.05) is 26.0 Å². The highest BCUT2D eigenvalue weighted by molar-refractivity contribution is 5.21. The molecule has 0 bridgehead atoms. The van der Waals surface area contributed by atoms with Gasteiger partial charge in [0.15, 0.2) is 0 Å². The van der Waals surface area contributed by atoms with Gasteiger partial charge in [0, 0.05) is 31.7 Å². The van der Waals surface area contributed by atoms with Gasteiger partial charge in [0.1, 0.15) is 5.82 Å². The predicted molar refractivity (Wildman–Crippen MR) is 73.0 cm³/mol. The van der Waals surface area contributed by atoms with E-state index in [4.69, 9.17) is 0 Å². The van der Waals surface area contributed by atoms with Crippen molar-refractivity contribution in [2.45, 2.75) is 32.9 Å². The van der Waals surface area contributed by atoms with Crippen LogP contribution in [0.3, 0.4) is 0 Å². The molecule has 1 heterocycles. The average molecular weight is 250 g/mol. The van der Waals surface area contributed by atoms with Crippen LogP contribution < -0.4 is 5.32 Å². The molecule has 1 N–H and O–H groups in total. The van der Waals surface area contributed by atoms with Crippen LogP contribution in [0.5, 0.6) is 0 Å². The van der Waals surface area contributed by atoms with Gasteiger partial charge in [-0.2, -0.15) is 0 Å². The number of nitrogens with one attached hydrogen (secondary N) is 1. The summed E-state index contributed by atoms with van der Waals surface area (Å²) in [6.07, 6.45) is 0. The fourth-order valence-corrected chi connectivity index (χ4v) is 2.56. The maximum Gasteiger partial charge on any atom is 0.123 e. The predicted octanol–water partition coefficient (Wildman–Crippen LogP) is 2.82. The van der Waals surface area contributed by atoms with Crippen molar-refractivity contribution in [3.63, 3.8) is 0 Å². The number of hydrogen-bond donors (Lipinski definition) is 1. The SMILES string of the molecule is CC(C)CN1CC(c2ccc(F)cc2)NCC1C. The summed E-state index contributed by atoms with van der Waals surface area (Å²) < 4.78 is 12.9. The first-order valence-electron chi connectivity index (χ1n) is 6.79. The van der Waals surface area contributed by atoms with Gasteiger partial charge < -0.3 is 5.32 Å². The lowest BCUT2D eigenvalue weighted by atomic mass is 10.0. The van der Waals surface area contributed by atoms with E-state index in [0.29, 0.717) is 18.0 Å². The largest absolute Gasteiger partial charge is 0.307 e. The molecule has 0 aromatic heterocycles. The molecule has 1 aliphatic rings. The zero-order valence-electron chi connectivity index (χ0n) is 11.5. The van der Waals surface area contributed by atoms with Crippen molar-refractivity contribution in [2.75, 3.05) is 19.6 Å². The number of benzene rings is 1. The molecule has 1 fully saturated rings. The van der Waals surface area contributed by atoms with Crippen molar-refractivity contribution in [1.82, 2.24) is 10.2 Å². The maximum atomic E-state index is 12.9. The Morgan fingerprint density at radius 3 is 2.61 bits per heavy atom. The van der Waals surface area contributed by atoms with Crippen molar-refractivity contribution in [3.8, 4) is 0 Å². The van der Waals surface area contributed by atoms with Crippen LogP contribution in [0.2, 0.25) is 0 Å². The number of hydrogen-bond acceptors (Lipinski definition) is 2. The van der Waals surface area contributed by atoms with E-state index in [1.54, 1.807) is 12.1 Å². The second-order valence-electron chi connectivity index (χ2n) is 5.71. The van der Waals surface area contributed by atoms with Crippen molar-refractivity contribution >= 4 is 0 Å². The first-order chi connectivity index (χ1) is 8.56. The molecule has 0 radical (unpaired) electrons. The Balaban J connectivity index is 2.04. The molecule has 100 valence electrons. The highest BCUT2D eigenvalue weighted by atomic mass is 19.1. The quantitative estimate of drug-likeness (QED) is 0.887. The summed E-state index contributed by atoms with van der Waals surface area (Å²) in [5, 5.41) is 3.54. The lowest BCUT2D eigenvalue weighted by Gasteiger charge is -2.39. The summed E-state index contributed by atoms with van der Waals surface area (Å²) in [5.41, 5.74) is 1.18. The smallest absolute Gasteiger partial charge is 0.123 e. The Kier molecular flexibility index (Phi) is 4.36. The van der Waals surface area contributed by atoms with Crippen LogP contribution in [0, 0.1) is 11.7 Å². The lowest BCUT2D eigenvalue weighted by Crippen LogP contribution is -2.52. The molecule has 1 aliphatic heterocycles. The Morgan fingerprint density at radius 2 is 2.00 bits per heavy atom. The molecule has 0 aliphatic carbocycles. The van der Waals surface area contributed by atoms with Gasteiger partial charge in [-0.15, -0.1) is 0 Å². The van der Waals surface area contributed by atoms with Gasteiger partial charge in [-0.3, -0.25) is 4.90 Å². The fraction of sp³-hybridized carbons (Fsp3) is 0.600. The second kappa shape index (κ2) is 5.81. The van der Waals surface area contributed by atoms with Gasteiger partial charge in [0.05, 0.1) is 0 Å². The second-order valence-corrected chi connectivity index (χ2v) is 5.71. The normalized spacial score (nSPS) is 25.6. The summed E-state index contributed by atoms with van der Waals surface area (Å²) in [6.45, 7) is 9.89. The highest BCUT2D eigenvalue weighted by Crippen LogP contribution is 2.21. The van der Waals surface area contributed by atoms with Crippen molar-refractivity contribution in [3.05, 3.63) is 35.6 Å². The fourth-order valence-electron chi connectivity index (χ4n) is 2.56. The Labute approximate surface area is 109 Å². The standard InChI is InChI=1S/C15H23FN2/c1-11(2)9-18-10-15(17-8-12(18)3)13-4-6-14(16)7-5-13/h4-7,11-12,15,17H,8-10H2,1-3H3. The number of piperazine rings is 1. The molecule has 0 saturated carbocycles. The minimum Gasteiger partial charge on any atom is -0.307 e. The third kappa shape index (κ3) is 3.30. The van der Waals surface area contributed by atoms with E-state index in [0.717, 1.165) is 19.6 Å². The summed E-state index contributed by atoms with van der Waals surface area (Å²) in [5.74, 6) is 0.515. The first-order valence-corrected chi connectivity index (χ1v) is 6.79. The summed E-state index contributed by atoms with van der Waals surface area (Å²) in [4.78, 5) is 2.52. The topological polar surface area (TPSA) is 15.3 Å². The molecule has 2 nitrogen and oxygen atoms in total. The van der Waals surface area contributed by atoms with Crippen molar-refractivity contribution < 1.29 is 4.39 Å². The maximum absolute atomic E-state index is 12.9. The van der Waals surface area contributed by atoms with E-state index in [1.807, 2.05) is 12.1 Å². The number of halogens is 1. The minimum absolute atomic E-state index is 0.165. The van der Waals surface area contributed by atoms with E-state index in [1.165, 1.54) is 5.56 Å². The van der Waals surface area contributed by atoms with Crippen LogP contribution in [0.1, 0.15) is 32.4 Å². The van der Waals surface area contributed by atoms with E-state index in [-0.39, 0.29) is 5.82 Å². The molecule has 18 heavy (non-hydrogen) atoms.